The summed E-state index contributed by atoms with van der Waals surface area (Å²) < 4.78 is 9.84. The van der Waals surface area contributed by atoms with Gasteiger partial charge in [-0.3, -0.25) is 0 Å². The summed E-state index contributed by atoms with van der Waals surface area (Å²) in [5.41, 5.74) is 0.941. The summed E-state index contributed by atoms with van der Waals surface area (Å²) in [5.74, 6) is 0. The first-order valence-electron chi connectivity index (χ1n) is 6.00. The molecule has 0 amide bonds. The van der Waals surface area contributed by atoms with Crippen LogP contribution in [0.5, 0.6) is 0 Å². The quantitative estimate of drug-likeness (QED) is 0.823. The van der Waals surface area contributed by atoms with Gasteiger partial charge in [0.25, 0.3) is 0 Å². The molecule has 1 saturated carbocycles. The number of nitrogens with zero attached hydrogens (tertiary/aromatic N) is 2. The minimum absolute atomic E-state index is 0.425. The van der Waals surface area contributed by atoms with Crippen LogP contribution in [0.2, 0.25) is 0 Å². The fourth-order valence-electron chi connectivity index (χ4n) is 2.10. The minimum atomic E-state index is 0.425. The van der Waals surface area contributed by atoms with Gasteiger partial charge in [-0.25, -0.2) is 0 Å². The molecule has 1 aliphatic carbocycles. The van der Waals surface area contributed by atoms with Crippen molar-refractivity contribution in [3.05, 3.63) is 5.69 Å². The van der Waals surface area contributed by atoms with E-state index in [0.717, 1.165) is 10.7 Å². The van der Waals surface area contributed by atoms with Crippen LogP contribution >= 0.6 is 11.5 Å². The van der Waals surface area contributed by atoms with Crippen LogP contribution in [0, 0.1) is 0 Å². The molecule has 0 radical (unpaired) electrons. The SMILES string of the molecule is CNc1snnc1COC1CCCCCC1. The Morgan fingerprint density at radius 1 is 1.31 bits per heavy atom. The second-order valence-corrected chi connectivity index (χ2v) is 4.98. The topological polar surface area (TPSA) is 47.0 Å². The van der Waals surface area contributed by atoms with Crippen LogP contribution in [-0.2, 0) is 11.3 Å². The summed E-state index contributed by atoms with van der Waals surface area (Å²) >= 11 is 1.39. The molecule has 90 valence electrons. The molecule has 0 aliphatic heterocycles. The lowest BCUT2D eigenvalue weighted by Crippen LogP contribution is -2.12. The van der Waals surface area contributed by atoms with Crippen LogP contribution in [-0.4, -0.2) is 22.7 Å². The molecular formula is C11H19N3OS. The fraction of sp³-hybridized carbons (Fsp3) is 0.818. The largest absolute Gasteiger partial charge is 0.377 e. The first-order chi connectivity index (χ1) is 7.90. The maximum atomic E-state index is 5.91. The van der Waals surface area contributed by atoms with Gasteiger partial charge in [0, 0.05) is 18.6 Å². The van der Waals surface area contributed by atoms with E-state index >= 15 is 0 Å². The van der Waals surface area contributed by atoms with E-state index in [4.69, 9.17) is 4.74 Å². The molecule has 1 N–H and O–H groups in total. The third-order valence-electron chi connectivity index (χ3n) is 3.04. The van der Waals surface area contributed by atoms with Crippen LogP contribution in [0.1, 0.15) is 44.2 Å². The third-order valence-corrected chi connectivity index (χ3v) is 3.83. The summed E-state index contributed by atoms with van der Waals surface area (Å²) in [6.45, 7) is 0.595. The highest BCUT2D eigenvalue weighted by Crippen LogP contribution is 2.23. The van der Waals surface area contributed by atoms with Gasteiger partial charge < -0.3 is 10.1 Å². The van der Waals surface area contributed by atoms with Gasteiger partial charge >= 0.3 is 0 Å². The molecule has 2 rings (SSSR count). The molecule has 0 saturated heterocycles. The Kier molecular flexibility index (Phi) is 4.54. The summed E-state index contributed by atoms with van der Waals surface area (Å²) in [5, 5.41) is 8.19. The maximum absolute atomic E-state index is 5.91. The lowest BCUT2D eigenvalue weighted by Gasteiger charge is -2.14. The van der Waals surface area contributed by atoms with E-state index in [0.29, 0.717) is 12.7 Å². The first-order valence-corrected chi connectivity index (χ1v) is 6.78. The number of anilines is 1. The van der Waals surface area contributed by atoms with Crippen molar-refractivity contribution in [2.24, 2.45) is 0 Å². The van der Waals surface area contributed by atoms with E-state index in [1.54, 1.807) is 0 Å². The number of rotatable bonds is 4. The third kappa shape index (κ3) is 3.15. The minimum Gasteiger partial charge on any atom is -0.377 e. The van der Waals surface area contributed by atoms with Gasteiger partial charge in [0.1, 0.15) is 10.7 Å². The Morgan fingerprint density at radius 2 is 2.06 bits per heavy atom. The number of nitrogens with one attached hydrogen (secondary N) is 1. The van der Waals surface area contributed by atoms with Gasteiger partial charge in [-0.05, 0) is 12.8 Å². The van der Waals surface area contributed by atoms with E-state index in [9.17, 15) is 0 Å². The standard InChI is InChI=1S/C11H19N3OS/c1-12-11-10(13-14-16-11)8-15-9-6-4-2-3-5-7-9/h9,12H,2-8H2,1H3. The molecule has 0 bridgehead atoms. The summed E-state index contributed by atoms with van der Waals surface area (Å²) in [4.78, 5) is 0. The highest BCUT2D eigenvalue weighted by atomic mass is 32.1. The molecule has 1 aliphatic rings. The normalized spacial score (nSPS) is 18.3. The smallest absolute Gasteiger partial charge is 0.135 e. The molecule has 5 heteroatoms. The molecule has 1 fully saturated rings. The summed E-state index contributed by atoms with van der Waals surface area (Å²) in [6.07, 6.45) is 8.16. The zero-order chi connectivity index (χ0) is 11.2. The molecule has 0 unspecified atom stereocenters. The van der Waals surface area contributed by atoms with Gasteiger partial charge in [0.05, 0.1) is 12.7 Å². The maximum Gasteiger partial charge on any atom is 0.135 e. The average Bonchev–Trinajstić information content (AvgIpc) is 2.60. The van der Waals surface area contributed by atoms with Gasteiger partial charge in [0.15, 0.2) is 0 Å². The van der Waals surface area contributed by atoms with E-state index in [1.807, 2.05) is 7.05 Å². The second-order valence-electron chi connectivity index (χ2n) is 4.22. The Hall–Kier alpha value is -0.680. The van der Waals surface area contributed by atoms with Crippen LogP contribution in [0.15, 0.2) is 0 Å². The fourth-order valence-corrected chi connectivity index (χ4v) is 2.62. The van der Waals surface area contributed by atoms with E-state index in [2.05, 4.69) is 14.9 Å². The molecule has 1 heterocycles. The zero-order valence-corrected chi connectivity index (χ0v) is 10.6. The van der Waals surface area contributed by atoms with Crippen LogP contribution in [0.25, 0.3) is 0 Å². The van der Waals surface area contributed by atoms with E-state index < -0.39 is 0 Å². The first kappa shape index (κ1) is 11.8. The van der Waals surface area contributed by atoms with Gasteiger partial charge in [-0.2, -0.15) is 0 Å². The van der Waals surface area contributed by atoms with Crippen LogP contribution in [0.3, 0.4) is 0 Å². The Bertz CT molecular complexity index is 308. The van der Waals surface area contributed by atoms with Gasteiger partial charge in [-0.15, -0.1) is 5.10 Å². The van der Waals surface area contributed by atoms with Gasteiger partial charge in [-0.1, -0.05) is 30.2 Å². The van der Waals surface area contributed by atoms with Crippen LogP contribution < -0.4 is 5.32 Å². The molecule has 0 aromatic carbocycles. The predicted molar refractivity (Wildman–Crippen MR) is 65.7 cm³/mol. The Labute approximate surface area is 101 Å². The van der Waals surface area contributed by atoms with Crippen molar-refractivity contribution in [1.29, 1.82) is 0 Å². The van der Waals surface area contributed by atoms with Crippen molar-refractivity contribution in [2.75, 3.05) is 12.4 Å². The van der Waals surface area contributed by atoms with Crippen molar-refractivity contribution >= 4 is 16.5 Å². The van der Waals surface area contributed by atoms with Crippen molar-refractivity contribution < 1.29 is 4.74 Å². The Balaban J connectivity index is 1.81. The Morgan fingerprint density at radius 3 is 2.75 bits per heavy atom. The molecule has 0 atom stereocenters. The molecule has 1 aromatic heterocycles. The van der Waals surface area contributed by atoms with Crippen molar-refractivity contribution in [3.63, 3.8) is 0 Å². The monoisotopic (exact) mass is 241 g/mol. The number of ether oxygens (including phenoxy) is 1. The highest BCUT2D eigenvalue weighted by Gasteiger charge is 2.14. The molecule has 4 nitrogen and oxygen atoms in total. The summed E-state index contributed by atoms with van der Waals surface area (Å²) in [6, 6.07) is 0. The number of hydrogen-bond acceptors (Lipinski definition) is 5. The average molecular weight is 241 g/mol. The number of aromatic nitrogens is 2. The van der Waals surface area contributed by atoms with E-state index in [1.165, 1.54) is 50.1 Å². The lowest BCUT2D eigenvalue weighted by atomic mass is 10.1. The number of hydrogen-bond donors (Lipinski definition) is 1. The van der Waals surface area contributed by atoms with Crippen molar-refractivity contribution in [2.45, 2.75) is 51.2 Å². The molecular weight excluding hydrogens is 222 g/mol. The molecule has 1 aromatic rings. The summed E-state index contributed by atoms with van der Waals surface area (Å²) in [7, 11) is 1.89. The highest BCUT2D eigenvalue weighted by molar-refractivity contribution is 7.10. The second kappa shape index (κ2) is 6.15. The zero-order valence-electron chi connectivity index (χ0n) is 9.74. The van der Waals surface area contributed by atoms with Crippen LogP contribution in [0.4, 0.5) is 5.00 Å². The van der Waals surface area contributed by atoms with Crippen molar-refractivity contribution in [1.82, 2.24) is 9.59 Å². The van der Waals surface area contributed by atoms with E-state index in [-0.39, 0.29) is 0 Å². The lowest BCUT2D eigenvalue weighted by molar-refractivity contribution is 0.0295. The predicted octanol–water partition coefficient (Wildman–Crippen LogP) is 2.82. The van der Waals surface area contributed by atoms with Gasteiger partial charge in [0.2, 0.25) is 0 Å². The van der Waals surface area contributed by atoms with Crippen molar-refractivity contribution in [3.8, 4) is 0 Å². The molecule has 16 heavy (non-hydrogen) atoms. The molecule has 0 spiro atoms.